The van der Waals surface area contributed by atoms with Crippen LogP contribution in [-0.4, -0.2) is 48.1 Å². The monoisotopic (exact) mass is 293 g/mol. The predicted octanol–water partition coefficient (Wildman–Crippen LogP) is 1.89. The van der Waals surface area contributed by atoms with Crippen LogP contribution in [0.5, 0.6) is 0 Å². The van der Waals surface area contributed by atoms with Crippen LogP contribution in [0.4, 0.5) is 11.4 Å². The average Bonchev–Trinajstić information content (AvgIpc) is 2.44. The van der Waals surface area contributed by atoms with Crippen molar-refractivity contribution < 1.29 is 14.5 Å². The molecular formula is C14H19N3O4. The summed E-state index contributed by atoms with van der Waals surface area (Å²) in [5.74, 6) is -0.333. The zero-order valence-electron chi connectivity index (χ0n) is 12.3. The molecule has 21 heavy (non-hydrogen) atoms. The van der Waals surface area contributed by atoms with Gasteiger partial charge in [-0.2, -0.15) is 0 Å². The maximum atomic E-state index is 12.6. The highest BCUT2D eigenvalue weighted by atomic mass is 16.6. The Hall–Kier alpha value is -2.15. The Morgan fingerprint density at radius 3 is 2.52 bits per heavy atom. The van der Waals surface area contributed by atoms with Crippen molar-refractivity contribution in [3.05, 3.63) is 33.9 Å². The van der Waals surface area contributed by atoms with Crippen molar-refractivity contribution in [3.8, 4) is 0 Å². The number of nitro groups is 1. The van der Waals surface area contributed by atoms with Crippen LogP contribution < -0.4 is 5.32 Å². The highest BCUT2D eigenvalue weighted by molar-refractivity contribution is 5.99. The summed E-state index contributed by atoms with van der Waals surface area (Å²) in [6.45, 7) is 4.64. The van der Waals surface area contributed by atoms with Crippen molar-refractivity contribution in [2.45, 2.75) is 26.1 Å². The van der Waals surface area contributed by atoms with Crippen molar-refractivity contribution in [1.82, 2.24) is 4.90 Å². The Morgan fingerprint density at radius 1 is 1.38 bits per heavy atom. The Bertz CT molecular complexity index is 551. The molecule has 2 unspecified atom stereocenters. The lowest BCUT2D eigenvalue weighted by molar-refractivity contribution is -0.385. The molecule has 1 aromatic rings. The summed E-state index contributed by atoms with van der Waals surface area (Å²) in [5.41, 5.74) is 0.595. The van der Waals surface area contributed by atoms with E-state index in [1.54, 1.807) is 18.0 Å². The molecule has 2 atom stereocenters. The molecule has 0 bridgehead atoms. The highest BCUT2D eigenvalue weighted by Crippen LogP contribution is 2.25. The van der Waals surface area contributed by atoms with Crippen molar-refractivity contribution >= 4 is 17.3 Å². The smallest absolute Gasteiger partial charge is 0.282 e. The van der Waals surface area contributed by atoms with Crippen molar-refractivity contribution in [1.29, 1.82) is 0 Å². The lowest BCUT2D eigenvalue weighted by Crippen LogP contribution is -2.48. The van der Waals surface area contributed by atoms with Gasteiger partial charge in [-0.05, 0) is 26.0 Å². The van der Waals surface area contributed by atoms with Crippen LogP contribution in [0, 0.1) is 10.1 Å². The van der Waals surface area contributed by atoms with E-state index in [0.717, 1.165) is 0 Å². The van der Waals surface area contributed by atoms with Gasteiger partial charge in [0.25, 0.3) is 11.6 Å². The quantitative estimate of drug-likeness (QED) is 0.679. The van der Waals surface area contributed by atoms with Crippen LogP contribution >= 0.6 is 0 Å². The normalized spacial score (nSPS) is 22.0. The Labute approximate surface area is 123 Å². The van der Waals surface area contributed by atoms with Gasteiger partial charge in [0.05, 0.1) is 17.1 Å². The first-order valence-electron chi connectivity index (χ1n) is 6.83. The van der Waals surface area contributed by atoms with Gasteiger partial charge in [0.15, 0.2) is 0 Å². The fourth-order valence-corrected chi connectivity index (χ4v) is 2.54. The molecule has 1 aromatic carbocycles. The molecular weight excluding hydrogens is 274 g/mol. The number of ether oxygens (including phenoxy) is 1. The molecule has 0 saturated carbocycles. The maximum absolute atomic E-state index is 12.6. The molecule has 0 spiro atoms. The number of carbonyl (C=O) groups excluding carboxylic acids is 1. The van der Waals surface area contributed by atoms with Crippen molar-refractivity contribution in [3.63, 3.8) is 0 Å². The molecule has 1 aliphatic rings. The van der Waals surface area contributed by atoms with E-state index in [1.165, 1.54) is 12.1 Å². The molecule has 1 amide bonds. The van der Waals surface area contributed by atoms with E-state index in [0.29, 0.717) is 18.8 Å². The summed E-state index contributed by atoms with van der Waals surface area (Å²) >= 11 is 0. The fraction of sp³-hybridized carbons (Fsp3) is 0.500. The number of nitrogens with zero attached hydrogens (tertiary/aromatic N) is 2. The molecule has 1 fully saturated rings. The first-order valence-corrected chi connectivity index (χ1v) is 6.83. The van der Waals surface area contributed by atoms with Crippen molar-refractivity contribution in [2.75, 3.05) is 25.5 Å². The first-order chi connectivity index (χ1) is 9.92. The van der Waals surface area contributed by atoms with Gasteiger partial charge < -0.3 is 15.0 Å². The zero-order valence-corrected chi connectivity index (χ0v) is 12.3. The number of anilines is 1. The minimum absolute atomic E-state index is 0.0794. The molecule has 1 aliphatic heterocycles. The molecule has 7 heteroatoms. The number of hydrogen-bond donors (Lipinski definition) is 1. The standard InChI is InChI=1S/C14H19N3O4/c1-9-7-16(8-10(2)21-9)14(18)12-6-11(15-3)4-5-13(12)17(19)20/h4-6,9-10,15H,7-8H2,1-3H3. The van der Waals surface area contributed by atoms with Gasteiger partial charge in [0.1, 0.15) is 5.56 Å². The van der Waals surface area contributed by atoms with Crippen molar-refractivity contribution in [2.24, 2.45) is 0 Å². The predicted molar refractivity (Wildman–Crippen MR) is 78.6 cm³/mol. The topological polar surface area (TPSA) is 84.7 Å². The van der Waals surface area contributed by atoms with E-state index in [2.05, 4.69) is 5.32 Å². The lowest BCUT2D eigenvalue weighted by atomic mass is 10.1. The number of carbonyl (C=O) groups is 1. The van der Waals surface area contributed by atoms with Crippen LogP contribution in [0.2, 0.25) is 0 Å². The van der Waals surface area contributed by atoms with Gasteiger partial charge in [-0.15, -0.1) is 0 Å². The molecule has 2 rings (SSSR count). The van der Waals surface area contributed by atoms with Gasteiger partial charge in [-0.25, -0.2) is 0 Å². The largest absolute Gasteiger partial charge is 0.388 e. The molecule has 114 valence electrons. The van der Waals surface area contributed by atoms with Gasteiger partial charge in [-0.3, -0.25) is 14.9 Å². The van der Waals surface area contributed by atoms with Crippen LogP contribution in [0.3, 0.4) is 0 Å². The van der Waals surface area contributed by atoms with Crippen LogP contribution in [0.25, 0.3) is 0 Å². The second-order valence-electron chi connectivity index (χ2n) is 5.21. The minimum Gasteiger partial charge on any atom is -0.388 e. The number of nitrogens with one attached hydrogen (secondary N) is 1. The third-order valence-electron chi connectivity index (χ3n) is 3.42. The van der Waals surface area contributed by atoms with Gasteiger partial charge in [-0.1, -0.05) is 0 Å². The molecule has 1 heterocycles. The summed E-state index contributed by atoms with van der Waals surface area (Å²) < 4.78 is 5.58. The van der Waals surface area contributed by atoms with E-state index >= 15 is 0 Å². The Kier molecular flexibility index (Phi) is 4.42. The summed E-state index contributed by atoms with van der Waals surface area (Å²) in [5, 5.41) is 14.0. The molecule has 0 aromatic heterocycles. The number of rotatable bonds is 3. The minimum atomic E-state index is -0.528. The molecule has 0 radical (unpaired) electrons. The number of benzene rings is 1. The first kappa shape index (κ1) is 15.2. The van der Waals surface area contributed by atoms with Gasteiger partial charge in [0.2, 0.25) is 0 Å². The SMILES string of the molecule is CNc1ccc([N+](=O)[O-])c(C(=O)N2CC(C)OC(C)C2)c1. The number of morpholine rings is 1. The van der Waals surface area contributed by atoms with Gasteiger partial charge in [0, 0.05) is 31.9 Å². The molecule has 1 N–H and O–H groups in total. The summed E-state index contributed by atoms with van der Waals surface area (Å²) in [7, 11) is 1.70. The third kappa shape index (κ3) is 3.30. The van der Waals surface area contributed by atoms with Crippen LogP contribution in [0.15, 0.2) is 18.2 Å². The van der Waals surface area contributed by atoms with Gasteiger partial charge >= 0.3 is 0 Å². The zero-order chi connectivity index (χ0) is 15.6. The van der Waals surface area contributed by atoms with E-state index in [4.69, 9.17) is 4.74 Å². The highest BCUT2D eigenvalue weighted by Gasteiger charge is 2.30. The van der Waals surface area contributed by atoms with Crippen LogP contribution in [0.1, 0.15) is 24.2 Å². The molecule has 1 saturated heterocycles. The fourth-order valence-electron chi connectivity index (χ4n) is 2.54. The number of nitro benzene ring substituents is 1. The maximum Gasteiger partial charge on any atom is 0.282 e. The Morgan fingerprint density at radius 2 is 2.00 bits per heavy atom. The Balaban J connectivity index is 2.35. The van der Waals surface area contributed by atoms with E-state index in [9.17, 15) is 14.9 Å². The third-order valence-corrected chi connectivity index (χ3v) is 3.42. The van der Waals surface area contributed by atoms with E-state index in [-0.39, 0.29) is 29.4 Å². The summed E-state index contributed by atoms with van der Waals surface area (Å²) in [6, 6.07) is 4.46. The second kappa shape index (κ2) is 6.09. The van der Waals surface area contributed by atoms with E-state index in [1.807, 2.05) is 13.8 Å². The number of hydrogen-bond acceptors (Lipinski definition) is 5. The summed E-state index contributed by atoms with van der Waals surface area (Å²) in [6.07, 6.45) is -0.159. The molecule has 7 nitrogen and oxygen atoms in total. The number of amides is 1. The lowest BCUT2D eigenvalue weighted by Gasteiger charge is -2.35. The molecule has 0 aliphatic carbocycles. The second-order valence-corrected chi connectivity index (χ2v) is 5.21. The summed E-state index contributed by atoms with van der Waals surface area (Å²) in [4.78, 5) is 24.8. The van der Waals surface area contributed by atoms with E-state index < -0.39 is 4.92 Å². The van der Waals surface area contributed by atoms with Crippen LogP contribution in [-0.2, 0) is 4.74 Å². The average molecular weight is 293 g/mol.